The molecule has 0 heterocycles. The number of halogens is 4. The fourth-order valence-corrected chi connectivity index (χ4v) is 1.58. The lowest BCUT2D eigenvalue weighted by atomic mass is 10.2. The minimum Gasteiger partial charge on any atom is -0.481 e. The second kappa shape index (κ2) is 5.60. The molecule has 0 aromatic heterocycles. The number of hydrogen-bond donors (Lipinski definition) is 1. The van der Waals surface area contributed by atoms with Crippen molar-refractivity contribution in [2.24, 2.45) is 0 Å². The highest BCUT2D eigenvalue weighted by Gasteiger charge is 2.43. The Morgan fingerprint density at radius 1 is 1.50 bits per heavy atom. The number of aryl methyl sites for hydroxylation is 1. The maximum atomic E-state index is 12.6. The topological polar surface area (TPSA) is 46.5 Å². The number of aliphatic carboxylic acids is 1. The normalized spacial score (nSPS) is 13.2. The molecule has 0 aliphatic heterocycles. The minimum absolute atomic E-state index is 0.00736. The molecule has 1 unspecified atom stereocenters. The van der Waals surface area contributed by atoms with Crippen molar-refractivity contribution in [1.82, 2.24) is 0 Å². The predicted molar refractivity (Wildman–Crippen MR) is 61.6 cm³/mol. The molecule has 1 N–H and O–H groups in total. The summed E-state index contributed by atoms with van der Waals surface area (Å²) in [5.41, 5.74) is 0.498. The molecule has 0 aliphatic rings. The second-order valence-corrected chi connectivity index (χ2v) is 4.57. The zero-order valence-electron chi connectivity index (χ0n) is 9.29. The average Bonchev–Trinajstić information content (AvgIpc) is 2.20. The lowest BCUT2D eigenvalue weighted by Crippen LogP contribution is -2.36. The van der Waals surface area contributed by atoms with Gasteiger partial charge in [-0.05, 0) is 24.6 Å². The molecule has 0 saturated heterocycles. The van der Waals surface area contributed by atoms with Gasteiger partial charge in [0.05, 0.1) is 6.42 Å². The minimum atomic E-state index is -4.73. The summed E-state index contributed by atoms with van der Waals surface area (Å²) < 4.78 is 43.1. The number of hydrogen-bond acceptors (Lipinski definition) is 2. The second-order valence-electron chi connectivity index (χ2n) is 3.66. The van der Waals surface area contributed by atoms with Crippen LogP contribution in [0.4, 0.5) is 13.2 Å². The van der Waals surface area contributed by atoms with Crippen LogP contribution in [-0.4, -0.2) is 23.4 Å². The van der Waals surface area contributed by atoms with E-state index in [9.17, 15) is 18.0 Å². The molecule has 3 nitrogen and oxygen atoms in total. The van der Waals surface area contributed by atoms with Gasteiger partial charge >= 0.3 is 12.1 Å². The van der Waals surface area contributed by atoms with Crippen LogP contribution in [0.5, 0.6) is 5.75 Å². The molecule has 0 bridgehead atoms. The quantitative estimate of drug-likeness (QED) is 0.920. The van der Waals surface area contributed by atoms with Gasteiger partial charge in [0.15, 0.2) is 0 Å². The number of carboxylic acids is 1. The van der Waals surface area contributed by atoms with Gasteiger partial charge in [-0.2, -0.15) is 13.2 Å². The smallest absolute Gasteiger partial charge is 0.426 e. The Morgan fingerprint density at radius 2 is 2.11 bits per heavy atom. The molecule has 0 fully saturated rings. The van der Waals surface area contributed by atoms with Crippen molar-refractivity contribution in [2.75, 3.05) is 0 Å². The third-order valence-corrected chi connectivity index (χ3v) is 2.64. The molecule has 7 heteroatoms. The molecular weight excluding hydrogens is 317 g/mol. The molecule has 0 saturated carbocycles. The van der Waals surface area contributed by atoms with Gasteiger partial charge in [-0.3, -0.25) is 4.79 Å². The summed E-state index contributed by atoms with van der Waals surface area (Å²) in [5, 5.41) is 8.46. The molecule has 0 aliphatic carbocycles. The lowest BCUT2D eigenvalue weighted by molar-refractivity contribution is -0.200. The van der Waals surface area contributed by atoms with E-state index in [4.69, 9.17) is 9.84 Å². The average molecular weight is 327 g/mol. The van der Waals surface area contributed by atoms with Crippen molar-refractivity contribution < 1.29 is 27.8 Å². The molecular formula is C11H10BrF3O3. The number of rotatable bonds is 4. The molecule has 0 radical (unpaired) electrons. The van der Waals surface area contributed by atoms with Gasteiger partial charge in [-0.1, -0.05) is 22.0 Å². The number of ether oxygens (including phenoxy) is 1. The van der Waals surface area contributed by atoms with Crippen LogP contribution in [0.15, 0.2) is 22.7 Å². The van der Waals surface area contributed by atoms with E-state index in [1.807, 2.05) is 0 Å². The van der Waals surface area contributed by atoms with Crippen LogP contribution in [-0.2, 0) is 4.79 Å². The van der Waals surface area contributed by atoms with Crippen LogP contribution in [0.2, 0.25) is 0 Å². The zero-order chi connectivity index (χ0) is 13.9. The van der Waals surface area contributed by atoms with Crippen molar-refractivity contribution >= 4 is 21.9 Å². The van der Waals surface area contributed by atoms with E-state index in [-0.39, 0.29) is 5.75 Å². The van der Waals surface area contributed by atoms with Gasteiger partial charge in [0.2, 0.25) is 6.10 Å². The summed E-state index contributed by atoms with van der Waals surface area (Å²) in [5.74, 6) is -1.56. The van der Waals surface area contributed by atoms with E-state index in [1.54, 1.807) is 19.1 Å². The van der Waals surface area contributed by atoms with Gasteiger partial charge in [0, 0.05) is 4.47 Å². The van der Waals surface area contributed by atoms with Crippen molar-refractivity contribution in [3.63, 3.8) is 0 Å². The predicted octanol–water partition coefficient (Wildman–Crippen LogP) is 3.54. The molecule has 1 atom stereocenters. The summed E-state index contributed by atoms with van der Waals surface area (Å²) in [7, 11) is 0. The number of carboxylic acid groups (broad SMARTS) is 1. The standard InChI is InChI=1S/C11H10BrF3O3/c1-6-2-3-7(12)4-8(6)18-9(5-10(16)17)11(13,14)15/h2-4,9H,5H2,1H3,(H,16,17). The Kier molecular flexibility index (Phi) is 4.61. The van der Waals surface area contributed by atoms with E-state index in [2.05, 4.69) is 15.9 Å². The molecule has 0 amide bonds. The lowest BCUT2D eigenvalue weighted by Gasteiger charge is -2.21. The molecule has 0 spiro atoms. The highest BCUT2D eigenvalue weighted by atomic mass is 79.9. The summed E-state index contributed by atoms with van der Waals surface area (Å²) in [6.07, 6.45) is -8.22. The summed E-state index contributed by atoms with van der Waals surface area (Å²) in [6.45, 7) is 1.58. The first-order chi connectivity index (χ1) is 8.20. The van der Waals surface area contributed by atoms with Crippen LogP contribution in [0, 0.1) is 6.92 Å². The van der Waals surface area contributed by atoms with E-state index >= 15 is 0 Å². The van der Waals surface area contributed by atoms with Gasteiger partial charge < -0.3 is 9.84 Å². The first-order valence-electron chi connectivity index (χ1n) is 4.91. The number of carbonyl (C=O) groups is 1. The van der Waals surface area contributed by atoms with Gasteiger partial charge in [-0.25, -0.2) is 0 Å². The Bertz CT molecular complexity index is 446. The van der Waals surface area contributed by atoms with E-state index in [1.165, 1.54) is 6.07 Å². The fourth-order valence-electron chi connectivity index (χ4n) is 1.24. The summed E-state index contributed by atoms with van der Waals surface area (Å²) in [4.78, 5) is 10.4. The highest BCUT2D eigenvalue weighted by Crippen LogP contribution is 2.30. The van der Waals surface area contributed by atoms with Crippen LogP contribution in [0.1, 0.15) is 12.0 Å². The van der Waals surface area contributed by atoms with Crippen molar-refractivity contribution in [3.05, 3.63) is 28.2 Å². The Labute approximate surface area is 110 Å². The number of benzene rings is 1. The largest absolute Gasteiger partial charge is 0.481 e. The van der Waals surface area contributed by atoms with Crippen molar-refractivity contribution in [3.8, 4) is 5.75 Å². The van der Waals surface area contributed by atoms with Crippen LogP contribution in [0.3, 0.4) is 0 Å². The van der Waals surface area contributed by atoms with E-state index in [0.29, 0.717) is 10.0 Å². The van der Waals surface area contributed by atoms with E-state index < -0.39 is 24.7 Å². The van der Waals surface area contributed by atoms with Gasteiger partial charge in [0.1, 0.15) is 5.75 Å². The summed E-state index contributed by atoms with van der Waals surface area (Å²) >= 11 is 3.11. The SMILES string of the molecule is Cc1ccc(Br)cc1OC(CC(=O)O)C(F)(F)F. The van der Waals surface area contributed by atoms with Crippen LogP contribution < -0.4 is 4.74 Å². The molecule has 1 rings (SSSR count). The maximum Gasteiger partial charge on any atom is 0.426 e. The maximum absolute atomic E-state index is 12.6. The Morgan fingerprint density at radius 3 is 2.61 bits per heavy atom. The third kappa shape index (κ3) is 4.21. The molecule has 18 heavy (non-hydrogen) atoms. The first-order valence-corrected chi connectivity index (χ1v) is 5.70. The monoisotopic (exact) mass is 326 g/mol. The fraction of sp³-hybridized carbons (Fsp3) is 0.364. The first kappa shape index (κ1) is 14.8. The highest BCUT2D eigenvalue weighted by molar-refractivity contribution is 9.10. The van der Waals surface area contributed by atoms with Crippen molar-refractivity contribution in [2.45, 2.75) is 25.6 Å². The zero-order valence-corrected chi connectivity index (χ0v) is 10.9. The summed E-state index contributed by atoms with van der Waals surface area (Å²) in [6, 6.07) is 4.60. The van der Waals surface area contributed by atoms with Crippen LogP contribution in [0.25, 0.3) is 0 Å². The van der Waals surface area contributed by atoms with Crippen LogP contribution >= 0.6 is 15.9 Å². The van der Waals surface area contributed by atoms with Gasteiger partial charge in [-0.15, -0.1) is 0 Å². The third-order valence-electron chi connectivity index (χ3n) is 2.14. The molecule has 1 aromatic carbocycles. The molecule has 100 valence electrons. The van der Waals surface area contributed by atoms with Crippen molar-refractivity contribution in [1.29, 1.82) is 0 Å². The molecule has 1 aromatic rings. The number of alkyl halides is 3. The van der Waals surface area contributed by atoms with Gasteiger partial charge in [0.25, 0.3) is 0 Å². The van der Waals surface area contributed by atoms with E-state index in [0.717, 1.165) is 0 Å². The Hall–Kier alpha value is -1.24. The Balaban J connectivity index is 2.96.